The highest BCUT2D eigenvalue weighted by Gasteiger charge is 2.19. The van der Waals surface area contributed by atoms with Gasteiger partial charge in [0.25, 0.3) is 23.6 Å². The first-order valence-electron chi connectivity index (χ1n) is 16.9. The third kappa shape index (κ3) is 9.57. The summed E-state index contributed by atoms with van der Waals surface area (Å²) in [5.41, 5.74) is 2.37. The maximum Gasteiger partial charge on any atom is 0.267 e. The SMILES string of the molecule is O=C(NCCCCCCNC(=O)/C(=C\c1ccc2c(c1)OCO2)NC(=O)c1ccccc1)/C(=C\c1ccc2c(c1)OCO2)NC(=O)c1ccccc1. The lowest BCUT2D eigenvalue weighted by molar-refractivity contribution is -0.118. The molecule has 2 aliphatic heterocycles. The lowest BCUT2D eigenvalue weighted by Gasteiger charge is -2.12. The van der Waals surface area contributed by atoms with Crippen molar-refractivity contribution < 1.29 is 38.1 Å². The van der Waals surface area contributed by atoms with Crippen LogP contribution in [-0.2, 0) is 9.59 Å². The highest BCUT2D eigenvalue weighted by atomic mass is 16.7. The zero-order valence-electron chi connectivity index (χ0n) is 28.3. The van der Waals surface area contributed by atoms with Crippen LogP contribution in [0.15, 0.2) is 108 Å². The summed E-state index contributed by atoms with van der Waals surface area (Å²) in [7, 11) is 0. The normalized spacial score (nSPS) is 12.9. The molecule has 0 atom stereocenters. The minimum Gasteiger partial charge on any atom is -0.454 e. The van der Waals surface area contributed by atoms with E-state index in [1.807, 2.05) is 12.1 Å². The molecule has 0 radical (unpaired) electrons. The van der Waals surface area contributed by atoms with E-state index in [0.717, 1.165) is 12.8 Å². The second-order valence-corrected chi connectivity index (χ2v) is 11.9. The van der Waals surface area contributed by atoms with Gasteiger partial charge in [0.2, 0.25) is 13.6 Å². The quantitative estimate of drug-likeness (QED) is 0.0977. The Morgan fingerprint density at radius 1 is 0.500 bits per heavy atom. The number of fused-ring (bicyclic) bond motifs is 2. The Balaban J connectivity index is 0.982. The van der Waals surface area contributed by atoms with Gasteiger partial charge in [-0.05, 0) is 84.7 Å². The van der Waals surface area contributed by atoms with Crippen LogP contribution in [0, 0.1) is 0 Å². The fourth-order valence-corrected chi connectivity index (χ4v) is 5.42. The summed E-state index contributed by atoms with van der Waals surface area (Å²) in [5.74, 6) is 0.702. The van der Waals surface area contributed by atoms with Crippen molar-refractivity contribution >= 4 is 35.8 Å². The smallest absolute Gasteiger partial charge is 0.267 e. The molecule has 0 saturated carbocycles. The summed E-state index contributed by atoms with van der Waals surface area (Å²) in [6.07, 6.45) is 6.14. The Bertz CT molecular complexity index is 1840. The molecule has 0 aliphatic carbocycles. The predicted octanol–water partition coefficient (Wildman–Crippen LogP) is 5.18. The third-order valence-corrected chi connectivity index (χ3v) is 8.15. The van der Waals surface area contributed by atoms with Gasteiger partial charge in [0, 0.05) is 24.2 Å². The molecule has 2 aliphatic rings. The standard InChI is InChI=1S/C40H38N4O8/c45-37(29-11-5-3-6-12-29)43-31(21-27-15-17-33-35(23-27)51-25-49-33)39(47)41-19-9-1-2-10-20-42-40(48)32(44-38(46)30-13-7-4-8-14-30)22-28-16-18-34-36(24-28)52-26-50-34/h3-8,11-18,21-24H,1-2,9-10,19-20,25-26H2,(H,41,47)(H,42,48)(H,43,45)(H,44,46)/b31-21+,32-22+. The monoisotopic (exact) mass is 702 g/mol. The summed E-state index contributed by atoms with van der Waals surface area (Å²) < 4.78 is 21.7. The Kier molecular flexibility index (Phi) is 11.8. The minimum atomic E-state index is -0.423. The van der Waals surface area contributed by atoms with E-state index in [1.54, 1.807) is 97.1 Å². The van der Waals surface area contributed by atoms with E-state index in [0.29, 0.717) is 71.2 Å². The van der Waals surface area contributed by atoms with Crippen LogP contribution in [0.3, 0.4) is 0 Å². The summed E-state index contributed by atoms with van der Waals surface area (Å²) in [6.45, 7) is 1.03. The van der Waals surface area contributed by atoms with Gasteiger partial charge in [-0.15, -0.1) is 0 Å². The molecule has 4 aromatic rings. The number of carbonyl (C=O) groups is 4. The number of nitrogens with one attached hydrogen (secondary N) is 4. The van der Waals surface area contributed by atoms with Gasteiger partial charge in [0.1, 0.15) is 11.4 Å². The van der Waals surface area contributed by atoms with Gasteiger partial charge in [-0.2, -0.15) is 0 Å². The molecule has 0 aromatic heterocycles. The average molecular weight is 703 g/mol. The van der Waals surface area contributed by atoms with E-state index in [2.05, 4.69) is 21.3 Å². The predicted molar refractivity (Wildman–Crippen MR) is 193 cm³/mol. The number of ether oxygens (including phenoxy) is 4. The van der Waals surface area contributed by atoms with Gasteiger partial charge in [-0.3, -0.25) is 19.2 Å². The van der Waals surface area contributed by atoms with Crippen LogP contribution in [0.2, 0.25) is 0 Å². The molecule has 4 N–H and O–H groups in total. The van der Waals surface area contributed by atoms with Gasteiger partial charge in [-0.25, -0.2) is 0 Å². The first-order chi connectivity index (χ1) is 25.4. The highest BCUT2D eigenvalue weighted by molar-refractivity contribution is 6.06. The first kappa shape index (κ1) is 35.3. The van der Waals surface area contributed by atoms with E-state index < -0.39 is 23.6 Å². The molecule has 4 aromatic carbocycles. The fourth-order valence-electron chi connectivity index (χ4n) is 5.42. The summed E-state index contributed by atoms with van der Waals surface area (Å²) >= 11 is 0. The van der Waals surface area contributed by atoms with Crippen molar-refractivity contribution in [3.8, 4) is 23.0 Å². The Hall–Kier alpha value is -6.56. The van der Waals surface area contributed by atoms with Gasteiger partial charge in [0.05, 0.1) is 0 Å². The summed E-state index contributed by atoms with van der Waals surface area (Å²) in [4.78, 5) is 52.3. The molecule has 52 heavy (non-hydrogen) atoms. The van der Waals surface area contributed by atoms with Crippen molar-refractivity contribution in [2.45, 2.75) is 25.7 Å². The number of benzene rings is 4. The molecule has 0 saturated heterocycles. The average Bonchev–Trinajstić information content (AvgIpc) is 3.85. The van der Waals surface area contributed by atoms with Crippen LogP contribution in [0.4, 0.5) is 0 Å². The second kappa shape index (κ2) is 17.4. The van der Waals surface area contributed by atoms with Crippen molar-refractivity contribution in [1.82, 2.24) is 21.3 Å². The van der Waals surface area contributed by atoms with E-state index in [-0.39, 0.29) is 25.0 Å². The van der Waals surface area contributed by atoms with E-state index >= 15 is 0 Å². The second-order valence-electron chi connectivity index (χ2n) is 11.9. The summed E-state index contributed by atoms with van der Waals surface area (Å²) in [5, 5.41) is 11.3. The third-order valence-electron chi connectivity index (χ3n) is 8.15. The molecule has 0 bridgehead atoms. The highest BCUT2D eigenvalue weighted by Crippen LogP contribution is 2.34. The Morgan fingerprint density at radius 2 is 0.904 bits per heavy atom. The van der Waals surface area contributed by atoms with Crippen molar-refractivity contribution in [2.24, 2.45) is 0 Å². The topological polar surface area (TPSA) is 153 Å². The number of hydrogen-bond acceptors (Lipinski definition) is 8. The molecule has 0 spiro atoms. The van der Waals surface area contributed by atoms with Gasteiger partial charge in [-0.1, -0.05) is 61.4 Å². The van der Waals surface area contributed by atoms with Gasteiger partial charge in [0.15, 0.2) is 23.0 Å². The maximum atomic E-state index is 13.2. The van der Waals surface area contributed by atoms with Crippen molar-refractivity contribution in [1.29, 1.82) is 0 Å². The number of amides is 4. The number of carbonyl (C=O) groups excluding carboxylic acids is 4. The molecule has 2 heterocycles. The van der Waals surface area contributed by atoms with Crippen LogP contribution < -0.4 is 40.2 Å². The number of hydrogen-bond donors (Lipinski definition) is 4. The zero-order chi connectivity index (χ0) is 36.1. The van der Waals surface area contributed by atoms with E-state index in [4.69, 9.17) is 18.9 Å². The number of unbranched alkanes of at least 4 members (excludes halogenated alkanes) is 3. The lowest BCUT2D eigenvalue weighted by Crippen LogP contribution is -2.35. The van der Waals surface area contributed by atoms with Crippen LogP contribution in [0.5, 0.6) is 23.0 Å². The Morgan fingerprint density at radius 3 is 1.33 bits per heavy atom. The van der Waals surface area contributed by atoms with Crippen LogP contribution in [-0.4, -0.2) is 50.3 Å². The lowest BCUT2D eigenvalue weighted by atomic mass is 10.1. The molecule has 4 amide bonds. The fraction of sp³-hybridized carbons (Fsp3) is 0.200. The van der Waals surface area contributed by atoms with Gasteiger partial charge >= 0.3 is 0 Å². The number of rotatable bonds is 15. The molecule has 12 nitrogen and oxygen atoms in total. The maximum absolute atomic E-state index is 13.2. The van der Waals surface area contributed by atoms with Crippen LogP contribution >= 0.6 is 0 Å². The summed E-state index contributed by atoms with van der Waals surface area (Å²) in [6, 6.07) is 27.9. The molecular weight excluding hydrogens is 664 g/mol. The first-order valence-corrected chi connectivity index (χ1v) is 16.9. The van der Waals surface area contributed by atoms with Crippen molar-refractivity contribution in [3.63, 3.8) is 0 Å². The van der Waals surface area contributed by atoms with E-state index in [9.17, 15) is 19.2 Å². The van der Waals surface area contributed by atoms with Crippen molar-refractivity contribution in [2.75, 3.05) is 26.7 Å². The largest absolute Gasteiger partial charge is 0.454 e. The molecule has 12 heteroatoms. The molecule has 6 rings (SSSR count). The van der Waals surface area contributed by atoms with Gasteiger partial charge < -0.3 is 40.2 Å². The Labute approximate surface area is 300 Å². The minimum absolute atomic E-state index is 0.0967. The molecule has 266 valence electrons. The molecular formula is C40H38N4O8. The molecule has 0 fully saturated rings. The zero-order valence-corrected chi connectivity index (χ0v) is 28.3. The van der Waals surface area contributed by atoms with Crippen LogP contribution in [0.25, 0.3) is 12.2 Å². The van der Waals surface area contributed by atoms with E-state index in [1.165, 1.54) is 0 Å². The van der Waals surface area contributed by atoms with Crippen LogP contribution in [0.1, 0.15) is 57.5 Å². The molecule has 0 unspecified atom stereocenters. The van der Waals surface area contributed by atoms with Crippen molar-refractivity contribution in [3.05, 3.63) is 131 Å².